The van der Waals surface area contributed by atoms with Crippen molar-refractivity contribution >= 4 is 15.9 Å². The fourth-order valence-corrected chi connectivity index (χ4v) is 4.06. The zero-order chi connectivity index (χ0) is 21.3. The minimum absolute atomic E-state index is 0.0290. The van der Waals surface area contributed by atoms with Gasteiger partial charge in [-0.3, -0.25) is 4.79 Å². The standard InChI is InChI=1S/C20H24F2N2O3S/c1-12-6-8-15(28(26,27)24-20(3,4)5)11-16(12)19(25)23-13(2)14-7-9-17(21)18(22)10-14/h6-11,13,24H,1-5H3,(H,23,25). The van der Waals surface area contributed by atoms with E-state index >= 15 is 0 Å². The second kappa shape index (κ2) is 7.97. The van der Waals surface area contributed by atoms with E-state index in [1.54, 1.807) is 40.7 Å². The first-order valence-corrected chi connectivity index (χ1v) is 10.2. The van der Waals surface area contributed by atoms with Crippen LogP contribution in [0, 0.1) is 18.6 Å². The third-order valence-electron chi connectivity index (χ3n) is 4.00. The van der Waals surface area contributed by atoms with Gasteiger partial charge >= 0.3 is 0 Å². The van der Waals surface area contributed by atoms with E-state index in [1.165, 1.54) is 18.2 Å². The Hall–Kier alpha value is -2.32. The van der Waals surface area contributed by atoms with Crippen LogP contribution >= 0.6 is 0 Å². The van der Waals surface area contributed by atoms with Crippen LogP contribution in [0.3, 0.4) is 0 Å². The number of hydrogen-bond donors (Lipinski definition) is 2. The molecule has 0 radical (unpaired) electrons. The average molecular weight is 410 g/mol. The fourth-order valence-electron chi connectivity index (χ4n) is 2.61. The third-order valence-corrected chi connectivity index (χ3v) is 5.75. The summed E-state index contributed by atoms with van der Waals surface area (Å²) in [5.74, 6) is -2.49. The molecular formula is C20H24F2N2O3S. The van der Waals surface area contributed by atoms with E-state index in [-0.39, 0.29) is 10.5 Å². The number of carbonyl (C=O) groups is 1. The van der Waals surface area contributed by atoms with Crippen LogP contribution in [0.4, 0.5) is 8.78 Å². The number of amides is 1. The maximum Gasteiger partial charge on any atom is 0.252 e. The maximum absolute atomic E-state index is 13.4. The van der Waals surface area contributed by atoms with E-state index in [2.05, 4.69) is 10.0 Å². The van der Waals surface area contributed by atoms with Crippen LogP contribution in [0.25, 0.3) is 0 Å². The fraction of sp³-hybridized carbons (Fsp3) is 0.350. The lowest BCUT2D eigenvalue weighted by Crippen LogP contribution is -2.40. The van der Waals surface area contributed by atoms with Gasteiger partial charge in [0.25, 0.3) is 5.91 Å². The number of aryl methyl sites for hydroxylation is 1. The van der Waals surface area contributed by atoms with Gasteiger partial charge in [-0.15, -0.1) is 0 Å². The zero-order valence-electron chi connectivity index (χ0n) is 16.4. The highest BCUT2D eigenvalue weighted by molar-refractivity contribution is 7.89. The van der Waals surface area contributed by atoms with Crippen LogP contribution in [0.15, 0.2) is 41.3 Å². The molecule has 0 spiro atoms. The largest absolute Gasteiger partial charge is 0.346 e. The van der Waals surface area contributed by atoms with Gasteiger partial charge in [0.15, 0.2) is 11.6 Å². The topological polar surface area (TPSA) is 75.3 Å². The Kier molecular flexibility index (Phi) is 6.25. The molecule has 2 aromatic carbocycles. The molecular weight excluding hydrogens is 386 g/mol. The van der Waals surface area contributed by atoms with Crippen molar-refractivity contribution in [1.29, 1.82) is 0 Å². The Labute approximate surface area is 164 Å². The summed E-state index contributed by atoms with van der Waals surface area (Å²) in [5, 5.41) is 2.68. The Morgan fingerprint density at radius 1 is 1.04 bits per heavy atom. The van der Waals surface area contributed by atoms with Crippen molar-refractivity contribution in [3.8, 4) is 0 Å². The molecule has 2 N–H and O–H groups in total. The average Bonchev–Trinajstić information content (AvgIpc) is 2.55. The van der Waals surface area contributed by atoms with Crippen molar-refractivity contribution in [3.63, 3.8) is 0 Å². The Balaban J connectivity index is 2.29. The molecule has 2 rings (SSSR count). The second-order valence-electron chi connectivity index (χ2n) is 7.70. The number of halogens is 2. The lowest BCUT2D eigenvalue weighted by molar-refractivity contribution is 0.0939. The number of rotatable bonds is 5. The van der Waals surface area contributed by atoms with Crippen LogP contribution in [0.1, 0.15) is 55.2 Å². The van der Waals surface area contributed by atoms with Gasteiger partial charge in [-0.05, 0) is 70.0 Å². The monoisotopic (exact) mass is 410 g/mol. The molecule has 28 heavy (non-hydrogen) atoms. The van der Waals surface area contributed by atoms with Gasteiger partial charge < -0.3 is 5.32 Å². The Bertz CT molecular complexity index is 999. The first-order valence-electron chi connectivity index (χ1n) is 8.70. The molecule has 0 heterocycles. The van der Waals surface area contributed by atoms with E-state index in [0.717, 1.165) is 12.1 Å². The van der Waals surface area contributed by atoms with Crippen molar-refractivity contribution in [2.24, 2.45) is 0 Å². The van der Waals surface area contributed by atoms with Crippen LogP contribution in [0.5, 0.6) is 0 Å². The van der Waals surface area contributed by atoms with Crippen molar-refractivity contribution in [2.75, 3.05) is 0 Å². The minimum atomic E-state index is -3.80. The molecule has 152 valence electrons. The predicted octanol–water partition coefficient (Wildman–Crippen LogP) is 3.84. The van der Waals surface area contributed by atoms with Gasteiger partial charge in [0.05, 0.1) is 10.9 Å². The van der Waals surface area contributed by atoms with E-state index in [0.29, 0.717) is 11.1 Å². The SMILES string of the molecule is Cc1ccc(S(=O)(=O)NC(C)(C)C)cc1C(=O)NC(C)c1ccc(F)c(F)c1. The second-order valence-corrected chi connectivity index (χ2v) is 9.38. The molecule has 0 fully saturated rings. The molecule has 0 bridgehead atoms. The Morgan fingerprint density at radius 3 is 2.25 bits per heavy atom. The zero-order valence-corrected chi connectivity index (χ0v) is 17.2. The number of carbonyl (C=O) groups excluding carboxylic acids is 1. The van der Waals surface area contributed by atoms with Gasteiger partial charge in [-0.1, -0.05) is 12.1 Å². The van der Waals surface area contributed by atoms with Crippen molar-refractivity contribution < 1.29 is 22.0 Å². The molecule has 0 aliphatic carbocycles. The van der Waals surface area contributed by atoms with Crippen molar-refractivity contribution in [1.82, 2.24) is 10.0 Å². The molecule has 0 aromatic heterocycles. The molecule has 0 saturated heterocycles. The summed E-state index contributed by atoms with van der Waals surface area (Å²) < 4.78 is 54.1. The number of nitrogens with one attached hydrogen (secondary N) is 2. The lowest BCUT2D eigenvalue weighted by Gasteiger charge is -2.21. The highest BCUT2D eigenvalue weighted by atomic mass is 32.2. The number of sulfonamides is 1. The van der Waals surface area contributed by atoms with Gasteiger partial charge in [0.2, 0.25) is 10.0 Å². The molecule has 8 heteroatoms. The predicted molar refractivity (Wildman–Crippen MR) is 103 cm³/mol. The number of benzene rings is 2. The molecule has 0 aliphatic heterocycles. The van der Waals surface area contributed by atoms with Crippen LogP contribution in [-0.2, 0) is 10.0 Å². The molecule has 5 nitrogen and oxygen atoms in total. The van der Waals surface area contributed by atoms with E-state index < -0.39 is 39.1 Å². The maximum atomic E-state index is 13.4. The van der Waals surface area contributed by atoms with Gasteiger partial charge in [0.1, 0.15) is 0 Å². The smallest absolute Gasteiger partial charge is 0.252 e. The first-order chi connectivity index (χ1) is 12.8. The summed E-state index contributed by atoms with van der Waals surface area (Å²) >= 11 is 0. The summed E-state index contributed by atoms with van der Waals surface area (Å²) in [6.07, 6.45) is 0. The van der Waals surface area contributed by atoms with E-state index in [4.69, 9.17) is 0 Å². The van der Waals surface area contributed by atoms with Crippen LogP contribution < -0.4 is 10.0 Å². The molecule has 0 saturated carbocycles. The minimum Gasteiger partial charge on any atom is -0.346 e. The van der Waals surface area contributed by atoms with Crippen molar-refractivity contribution in [3.05, 3.63) is 64.7 Å². The van der Waals surface area contributed by atoms with Crippen molar-refractivity contribution in [2.45, 2.75) is 51.1 Å². The summed E-state index contributed by atoms with van der Waals surface area (Å²) in [6, 6.07) is 7.06. The quantitative estimate of drug-likeness (QED) is 0.786. The summed E-state index contributed by atoms with van der Waals surface area (Å²) in [5.41, 5.74) is 0.492. The summed E-state index contributed by atoms with van der Waals surface area (Å²) in [6.45, 7) is 8.47. The van der Waals surface area contributed by atoms with E-state index in [1.807, 2.05) is 0 Å². The Morgan fingerprint density at radius 2 is 1.68 bits per heavy atom. The van der Waals surface area contributed by atoms with Crippen LogP contribution in [0.2, 0.25) is 0 Å². The molecule has 2 aromatic rings. The highest BCUT2D eigenvalue weighted by Gasteiger charge is 2.24. The third kappa shape index (κ3) is 5.36. The summed E-state index contributed by atoms with van der Waals surface area (Å²) in [7, 11) is -3.80. The molecule has 1 amide bonds. The normalized spacial score (nSPS) is 13.2. The molecule has 0 aliphatic rings. The van der Waals surface area contributed by atoms with Gasteiger partial charge in [-0.25, -0.2) is 21.9 Å². The highest BCUT2D eigenvalue weighted by Crippen LogP contribution is 2.20. The van der Waals surface area contributed by atoms with E-state index in [9.17, 15) is 22.0 Å². The van der Waals surface area contributed by atoms with Crippen LogP contribution in [-0.4, -0.2) is 19.9 Å². The molecule has 1 atom stereocenters. The summed E-state index contributed by atoms with van der Waals surface area (Å²) in [4.78, 5) is 12.6. The molecule has 1 unspecified atom stereocenters. The van der Waals surface area contributed by atoms with Gasteiger partial charge in [0, 0.05) is 11.1 Å². The van der Waals surface area contributed by atoms with Gasteiger partial charge in [-0.2, -0.15) is 0 Å². The first kappa shape index (κ1) is 22.0. The lowest BCUT2D eigenvalue weighted by atomic mass is 10.1. The number of hydrogen-bond acceptors (Lipinski definition) is 3.